The number of nitrogens with zero attached hydrogens (tertiary/aromatic N) is 4. The summed E-state index contributed by atoms with van der Waals surface area (Å²) >= 11 is 0. The van der Waals surface area contributed by atoms with Crippen molar-refractivity contribution in [2.45, 2.75) is 13.8 Å². The van der Waals surface area contributed by atoms with Gasteiger partial charge in [0.15, 0.2) is 0 Å². The highest BCUT2D eigenvalue weighted by Gasteiger charge is 2.27. The van der Waals surface area contributed by atoms with Gasteiger partial charge in [-0.2, -0.15) is 5.26 Å². The summed E-state index contributed by atoms with van der Waals surface area (Å²) in [4.78, 5) is 16.2. The second kappa shape index (κ2) is 5.63. The molecule has 0 aliphatic heterocycles. The molecule has 1 aromatic rings. The largest absolute Gasteiger partial charge is 0.353 e. The first-order valence-electron chi connectivity index (χ1n) is 5.77. The van der Waals surface area contributed by atoms with Gasteiger partial charge in [0.1, 0.15) is 11.6 Å². The first kappa shape index (κ1) is 14.9. The maximum Gasteiger partial charge on any atom is 0.329 e. The molecule has 0 bridgehead atoms. The molecule has 0 saturated heterocycles. The maximum atomic E-state index is 11.1. The van der Waals surface area contributed by atoms with Gasteiger partial charge in [-0.25, -0.2) is 4.98 Å². The summed E-state index contributed by atoms with van der Waals surface area (Å²) in [6.45, 7) is 4.88. The van der Waals surface area contributed by atoms with Crippen molar-refractivity contribution in [2.24, 2.45) is 11.1 Å². The van der Waals surface area contributed by atoms with Crippen LogP contribution in [0.1, 0.15) is 19.4 Å². The quantitative estimate of drug-likeness (QED) is 0.633. The van der Waals surface area contributed by atoms with Crippen molar-refractivity contribution < 1.29 is 4.92 Å². The molecule has 0 aromatic carbocycles. The molecule has 1 heterocycles. The van der Waals surface area contributed by atoms with Gasteiger partial charge in [0, 0.05) is 19.8 Å². The standard InChI is InChI=1S/C12H17N5O2/c1-12(2,7-14)8-16(3)11-10(17(18)19)9(6-13)4-5-15-11/h4-5H,7-8,14H2,1-3H3. The van der Waals surface area contributed by atoms with E-state index in [2.05, 4.69) is 4.98 Å². The van der Waals surface area contributed by atoms with Crippen LogP contribution >= 0.6 is 0 Å². The molecule has 0 aliphatic rings. The molecule has 2 N–H and O–H groups in total. The van der Waals surface area contributed by atoms with Crippen LogP contribution in [0.3, 0.4) is 0 Å². The molecule has 0 amide bonds. The monoisotopic (exact) mass is 263 g/mol. The van der Waals surface area contributed by atoms with E-state index in [0.29, 0.717) is 13.1 Å². The van der Waals surface area contributed by atoms with Gasteiger partial charge in [-0.15, -0.1) is 0 Å². The van der Waals surface area contributed by atoms with Crippen LogP contribution in [0.15, 0.2) is 12.3 Å². The second-order valence-electron chi connectivity index (χ2n) is 5.12. The van der Waals surface area contributed by atoms with E-state index in [1.54, 1.807) is 11.9 Å². The van der Waals surface area contributed by atoms with Crippen molar-refractivity contribution in [1.29, 1.82) is 5.26 Å². The van der Waals surface area contributed by atoms with E-state index < -0.39 is 4.92 Å². The number of nitriles is 1. The van der Waals surface area contributed by atoms with Crippen LogP contribution in [-0.4, -0.2) is 30.0 Å². The molecule has 7 nitrogen and oxygen atoms in total. The Balaban J connectivity index is 3.21. The Morgan fingerprint density at radius 3 is 2.74 bits per heavy atom. The lowest BCUT2D eigenvalue weighted by molar-refractivity contribution is -0.384. The third kappa shape index (κ3) is 3.39. The minimum Gasteiger partial charge on any atom is -0.353 e. The number of nitro groups is 1. The highest BCUT2D eigenvalue weighted by molar-refractivity contribution is 5.65. The van der Waals surface area contributed by atoms with E-state index >= 15 is 0 Å². The number of nitrogens with two attached hydrogens (primary N) is 1. The highest BCUT2D eigenvalue weighted by Crippen LogP contribution is 2.30. The normalized spacial score (nSPS) is 10.9. The van der Waals surface area contributed by atoms with Crippen molar-refractivity contribution in [3.05, 3.63) is 27.9 Å². The van der Waals surface area contributed by atoms with Gasteiger partial charge in [-0.05, 0) is 18.0 Å². The molecule has 1 aromatic heterocycles. The van der Waals surface area contributed by atoms with Crippen LogP contribution in [-0.2, 0) is 0 Å². The minimum atomic E-state index is -0.577. The van der Waals surface area contributed by atoms with E-state index in [0.717, 1.165) is 0 Å². The Hall–Kier alpha value is -2.20. The Morgan fingerprint density at radius 1 is 1.63 bits per heavy atom. The lowest BCUT2D eigenvalue weighted by Gasteiger charge is -2.29. The first-order valence-corrected chi connectivity index (χ1v) is 5.77. The smallest absolute Gasteiger partial charge is 0.329 e. The molecule has 0 spiro atoms. The van der Waals surface area contributed by atoms with Gasteiger partial charge in [-0.3, -0.25) is 10.1 Å². The average Bonchev–Trinajstić information content (AvgIpc) is 2.37. The van der Waals surface area contributed by atoms with Crippen LogP contribution in [0.2, 0.25) is 0 Å². The molecule has 0 fully saturated rings. The number of aromatic nitrogens is 1. The molecule has 7 heteroatoms. The summed E-state index contributed by atoms with van der Waals surface area (Å²) in [7, 11) is 1.70. The molecule has 1 rings (SSSR count). The molecule has 102 valence electrons. The molecule has 0 atom stereocenters. The van der Waals surface area contributed by atoms with E-state index in [1.165, 1.54) is 12.3 Å². The zero-order chi connectivity index (χ0) is 14.6. The number of hydrogen-bond acceptors (Lipinski definition) is 6. The van der Waals surface area contributed by atoms with E-state index in [1.807, 2.05) is 19.9 Å². The summed E-state index contributed by atoms with van der Waals surface area (Å²) < 4.78 is 0. The fraction of sp³-hybridized carbons (Fsp3) is 0.500. The van der Waals surface area contributed by atoms with Crippen LogP contribution in [0, 0.1) is 26.9 Å². The summed E-state index contributed by atoms with van der Waals surface area (Å²) in [6, 6.07) is 3.15. The van der Waals surface area contributed by atoms with Gasteiger partial charge >= 0.3 is 5.69 Å². The fourth-order valence-corrected chi connectivity index (χ4v) is 1.77. The predicted molar refractivity (Wildman–Crippen MR) is 71.7 cm³/mol. The third-order valence-corrected chi connectivity index (χ3v) is 2.79. The number of anilines is 1. The number of rotatable bonds is 5. The second-order valence-corrected chi connectivity index (χ2v) is 5.12. The lowest BCUT2D eigenvalue weighted by Crippen LogP contribution is -2.37. The van der Waals surface area contributed by atoms with Gasteiger partial charge in [0.2, 0.25) is 5.82 Å². The topological polar surface area (TPSA) is 109 Å². The Bertz CT molecular complexity index is 521. The third-order valence-electron chi connectivity index (χ3n) is 2.79. The highest BCUT2D eigenvalue weighted by atomic mass is 16.6. The molecule has 0 radical (unpaired) electrons. The number of hydrogen-bond donors (Lipinski definition) is 1. The SMILES string of the molecule is CN(CC(C)(C)CN)c1nccc(C#N)c1[N+](=O)[O-]. The average molecular weight is 263 g/mol. The molecule has 0 aliphatic carbocycles. The maximum absolute atomic E-state index is 11.1. The molecular formula is C12H17N5O2. The van der Waals surface area contributed by atoms with Crippen molar-refractivity contribution in [3.63, 3.8) is 0 Å². The fourth-order valence-electron chi connectivity index (χ4n) is 1.77. The van der Waals surface area contributed by atoms with Crippen LogP contribution < -0.4 is 10.6 Å². The number of pyridine rings is 1. The van der Waals surface area contributed by atoms with Crippen LogP contribution in [0.5, 0.6) is 0 Å². The van der Waals surface area contributed by atoms with Crippen LogP contribution in [0.4, 0.5) is 11.5 Å². The first-order chi connectivity index (χ1) is 8.82. The van der Waals surface area contributed by atoms with Crippen molar-refractivity contribution in [3.8, 4) is 6.07 Å². The van der Waals surface area contributed by atoms with Crippen molar-refractivity contribution in [2.75, 3.05) is 25.0 Å². The zero-order valence-corrected chi connectivity index (χ0v) is 11.3. The van der Waals surface area contributed by atoms with Gasteiger partial charge in [0.25, 0.3) is 0 Å². The summed E-state index contributed by atoms with van der Waals surface area (Å²) in [5, 5.41) is 20.0. The van der Waals surface area contributed by atoms with Crippen molar-refractivity contribution >= 4 is 11.5 Å². The summed E-state index contributed by atoms with van der Waals surface area (Å²) in [5.74, 6) is 0.186. The Morgan fingerprint density at radius 2 is 2.26 bits per heavy atom. The van der Waals surface area contributed by atoms with E-state index in [-0.39, 0.29) is 22.5 Å². The Kier molecular flexibility index (Phi) is 4.40. The van der Waals surface area contributed by atoms with Crippen LogP contribution in [0.25, 0.3) is 0 Å². The Labute approximate surface area is 111 Å². The molecule has 19 heavy (non-hydrogen) atoms. The van der Waals surface area contributed by atoms with E-state index in [9.17, 15) is 10.1 Å². The zero-order valence-electron chi connectivity index (χ0n) is 11.3. The predicted octanol–water partition coefficient (Wildman–Crippen LogP) is 1.28. The van der Waals surface area contributed by atoms with Crippen molar-refractivity contribution in [1.82, 2.24) is 4.98 Å². The molecular weight excluding hydrogens is 246 g/mol. The van der Waals surface area contributed by atoms with Gasteiger partial charge < -0.3 is 10.6 Å². The van der Waals surface area contributed by atoms with Gasteiger partial charge in [-0.1, -0.05) is 13.8 Å². The van der Waals surface area contributed by atoms with E-state index in [4.69, 9.17) is 11.0 Å². The van der Waals surface area contributed by atoms with Gasteiger partial charge in [0.05, 0.1) is 4.92 Å². The molecule has 0 unspecified atom stereocenters. The lowest BCUT2D eigenvalue weighted by atomic mass is 9.93. The summed E-state index contributed by atoms with van der Waals surface area (Å²) in [5.41, 5.74) is 5.20. The molecule has 0 saturated carbocycles. The minimum absolute atomic E-state index is 0.00686. The summed E-state index contributed by atoms with van der Waals surface area (Å²) in [6.07, 6.45) is 1.40.